The first-order chi connectivity index (χ1) is 33.0. The van der Waals surface area contributed by atoms with E-state index in [4.69, 9.17) is 19.9 Å². The number of fused-ring (bicyclic) bond motifs is 9. The summed E-state index contributed by atoms with van der Waals surface area (Å²) in [7, 11) is 3.21. The fourth-order valence-corrected chi connectivity index (χ4v) is 9.92. The monoisotopic (exact) mass is 915 g/mol. The Morgan fingerprint density at radius 3 is 2.57 bits per heavy atom. The van der Waals surface area contributed by atoms with E-state index in [-0.39, 0.29) is 60.1 Å². The maximum atomic E-state index is 14.0. The molecule has 68 heavy (non-hydrogen) atoms. The lowest BCUT2D eigenvalue weighted by atomic mass is 9.78. The molecule has 0 aromatic heterocycles. The van der Waals surface area contributed by atoms with E-state index in [0.29, 0.717) is 53.2 Å². The number of hydrogen-bond donors (Lipinski definition) is 6. The van der Waals surface area contributed by atoms with Crippen LogP contribution in [0.4, 0.5) is 5.69 Å². The number of aliphatic hydroxyl groups excluding tert-OH is 2. The number of guanidine groups is 1. The van der Waals surface area contributed by atoms with Crippen LogP contribution >= 0.6 is 0 Å². The minimum absolute atomic E-state index is 0.00615. The van der Waals surface area contributed by atoms with Crippen LogP contribution in [-0.2, 0) is 35.4 Å². The van der Waals surface area contributed by atoms with Crippen LogP contribution in [0, 0.1) is 23.9 Å². The standard InChI is InChI=1S/C57H61N3O8/c1-35-16-22-46-50-34-68-53-28-38(18-23-52(53)66-3)17-20-44(62)31-45(30-41-29-43(61)21-19-39(41)14-8-7-12-37-13-9-15-42(27-37)60-57(58)59-2)67-25-24-40(26-36-10-5-4-6-11-36)54-49(32-48(50)56(64)65)55(46)47(35)33-51(54)63/h4-6,9-11,13,15-16,18-19,21-23,27-29,32-33,35,39-41,45,56,61,63-65H,7-8,12,14,17,20,26,30-31,34H2,1-3H3,(H3,58,59,60)/t35-,39+,40+,41-,45-/m0/s1. The molecule has 5 aromatic rings. The number of unbranched alkanes of at least 4 members (excludes halogenated alkanes) is 1. The van der Waals surface area contributed by atoms with Crippen molar-refractivity contribution in [2.45, 2.75) is 95.5 Å². The Morgan fingerprint density at radius 2 is 1.78 bits per heavy atom. The van der Waals surface area contributed by atoms with Crippen molar-refractivity contribution in [2.75, 3.05) is 19.5 Å². The molecule has 352 valence electrons. The number of nitrogens with zero attached hydrogens (tertiary/aromatic N) is 1. The van der Waals surface area contributed by atoms with Crippen molar-refractivity contribution < 1.29 is 39.4 Å². The minimum atomic E-state index is -1.86. The number of nitrogens with one attached hydrogen (secondary N) is 1. The molecule has 11 nitrogen and oxygen atoms in total. The number of aromatic hydroxyl groups is 1. The summed E-state index contributed by atoms with van der Waals surface area (Å²) >= 11 is 0. The quantitative estimate of drug-likeness (QED) is 0.0232. The van der Waals surface area contributed by atoms with Crippen molar-refractivity contribution in [3.8, 4) is 29.3 Å². The van der Waals surface area contributed by atoms with Gasteiger partial charge < -0.3 is 45.7 Å². The van der Waals surface area contributed by atoms with Gasteiger partial charge in [0, 0.05) is 48.2 Å². The van der Waals surface area contributed by atoms with Gasteiger partial charge in [-0.05, 0) is 138 Å². The fraction of sp³-hybridized carbons (Fsp3) is 0.333. The van der Waals surface area contributed by atoms with Gasteiger partial charge in [-0.15, -0.1) is 0 Å². The van der Waals surface area contributed by atoms with E-state index in [9.17, 15) is 25.2 Å². The molecule has 7 N–H and O–H groups in total. The van der Waals surface area contributed by atoms with E-state index in [0.717, 1.165) is 59.0 Å². The molecular formula is C57H61N3O8. The number of allylic oxidation sites excluding steroid dienone is 4. The van der Waals surface area contributed by atoms with E-state index in [1.165, 1.54) is 5.56 Å². The molecule has 5 atom stereocenters. The van der Waals surface area contributed by atoms with Crippen LogP contribution in [0.1, 0.15) is 108 Å². The number of phenolic OH excluding ortho intramolecular Hbond substituents is 1. The zero-order valence-electron chi connectivity index (χ0n) is 39.0. The average Bonchev–Trinajstić information content (AvgIpc) is 3.33. The number of aryl methyl sites for hydroxylation is 2. The van der Waals surface area contributed by atoms with E-state index < -0.39 is 18.3 Å². The molecule has 2 aliphatic carbocycles. The number of ether oxygens (including phenoxy) is 3. The van der Waals surface area contributed by atoms with E-state index in [2.05, 4.69) is 47.5 Å². The normalized spacial score (nSPS) is 20.4. The number of Topliss-reactive ketones (excluding diaryl/α,β-unsaturated/α-hetero) is 1. The second kappa shape index (κ2) is 21.7. The largest absolute Gasteiger partial charge is 0.508 e. The lowest BCUT2D eigenvalue weighted by Gasteiger charge is -2.28. The maximum Gasteiger partial charge on any atom is 0.192 e. The number of rotatable bonds is 12. The first-order valence-corrected chi connectivity index (χ1v) is 23.6. The average molecular weight is 916 g/mol. The van der Waals surface area contributed by atoms with Crippen LogP contribution in [0.5, 0.6) is 17.2 Å². The number of carbonyl (C=O) groups is 1. The maximum absolute atomic E-state index is 14.0. The number of anilines is 1. The molecule has 11 heteroatoms. The van der Waals surface area contributed by atoms with Crippen molar-refractivity contribution in [3.63, 3.8) is 0 Å². The molecule has 2 aliphatic heterocycles. The third-order valence-electron chi connectivity index (χ3n) is 13.5. The number of aliphatic hydroxyl groups is 3. The number of aliphatic imine (C=N–C) groups is 1. The highest BCUT2D eigenvalue weighted by atomic mass is 16.5. The first kappa shape index (κ1) is 47.5. The summed E-state index contributed by atoms with van der Waals surface area (Å²) in [6, 6.07) is 27.2. The van der Waals surface area contributed by atoms with Gasteiger partial charge in [-0.2, -0.15) is 0 Å². The molecule has 0 saturated heterocycles. The summed E-state index contributed by atoms with van der Waals surface area (Å²) in [5.74, 6) is 4.23. The highest BCUT2D eigenvalue weighted by molar-refractivity contribution is 6.01. The molecule has 0 fully saturated rings. The Kier molecular flexibility index (Phi) is 15.2. The minimum Gasteiger partial charge on any atom is -0.508 e. The second-order valence-electron chi connectivity index (χ2n) is 18.1. The van der Waals surface area contributed by atoms with Gasteiger partial charge in [-0.25, -0.2) is 0 Å². The molecule has 4 aliphatic rings. The Balaban J connectivity index is 1.15. The molecule has 0 unspecified atom stereocenters. The van der Waals surface area contributed by atoms with Crippen molar-refractivity contribution in [1.82, 2.24) is 0 Å². The number of methoxy groups -OCH3 is 1. The summed E-state index contributed by atoms with van der Waals surface area (Å²) in [5.41, 5.74) is 12.9. The third kappa shape index (κ3) is 11.2. The van der Waals surface area contributed by atoms with Gasteiger partial charge in [0.2, 0.25) is 0 Å². The topological polar surface area (TPSA) is 176 Å². The lowest BCUT2D eigenvalue weighted by molar-refractivity contribution is -0.121. The van der Waals surface area contributed by atoms with Crippen molar-refractivity contribution in [1.29, 1.82) is 0 Å². The predicted octanol–water partition coefficient (Wildman–Crippen LogP) is 10.2. The van der Waals surface area contributed by atoms with Crippen molar-refractivity contribution in [3.05, 3.63) is 159 Å². The van der Waals surface area contributed by atoms with Gasteiger partial charge in [-0.3, -0.25) is 9.79 Å². The highest BCUT2D eigenvalue weighted by Crippen LogP contribution is 2.46. The summed E-state index contributed by atoms with van der Waals surface area (Å²) in [5, 5.41) is 49.5. The molecule has 5 aromatic carbocycles. The predicted molar refractivity (Wildman–Crippen MR) is 268 cm³/mol. The number of carbonyl (C=O) groups excluding carboxylic acids is 1. The molecule has 0 radical (unpaired) electrons. The first-order valence-electron chi connectivity index (χ1n) is 23.6. The molecular weight excluding hydrogens is 855 g/mol. The van der Waals surface area contributed by atoms with Gasteiger partial charge in [0.1, 0.15) is 36.1 Å². The lowest BCUT2D eigenvalue weighted by Crippen LogP contribution is -2.24. The molecule has 6 bridgehead atoms. The number of phenols is 1. The molecule has 0 amide bonds. The zero-order chi connectivity index (χ0) is 47.7. The molecule has 0 saturated carbocycles. The van der Waals surface area contributed by atoms with Gasteiger partial charge in [0.25, 0.3) is 0 Å². The Morgan fingerprint density at radius 1 is 0.956 bits per heavy atom. The fourth-order valence-electron chi connectivity index (χ4n) is 9.92. The van der Waals surface area contributed by atoms with Gasteiger partial charge in [0.05, 0.1) is 13.0 Å². The Labute approximate surface area is 398 Å². The summed E-state index contributed by atoms with van der Waals surface area (Å²) < 4.78 is 18.7. The number of ketones is 1. The Bertz CT molecular complexity index is 2820. The van der Waals surface area contributed by atoms with E-state index in [1.54, 1.807) is 32.4 Å². The highest BCUT2D eigenvalue weighted by Gasteiger charge is 2.30. The smallest absolute Gasteiger partial charge is 0.192 e. The second-order valence-corrected chi connectivity index (χ2v) is 18.1. The van der Waals surface area contributed by atoms with Crippen LogP contribution in [-0.4, -0.2) is 52.4 Å². The summed E-state index contributed by atoms with van der Waals surface area (Å²) in [6.07, 6.45) is 15.6. The van der Waals surface area contributed by atoms with Gasteiger partial charge in [-0.1, -0.05) is 86.0 Å². The molecule has 9 rings (SSSR count). The summed E-state index contributed by atoms with van der Waals surface area (Å²) in [4.78, 5) is 18.0. The zero-order valence-corrected chi connectivity index (χ0v) is 39.0. The SMILES string of the molecule is CN=C(N)Nc1cccc(CCCC[C@@H]2C=CC(O)=C[C@H]2C[C@H]2CC(=O)CCc3ccc(OC)c(c3)OCc3c(C(O)O)cc4c(c(O)cc5c4c3C=C[C@@H]5C)[C@@H](Cc3ccccc3)C#CO2)c1. The molecule has 2 heterocycles. The van der Waals surface area contributed by atoms with Crippen LogP contribution in [0.25, 0.3) is 16.8 Å². The van der Waals surface area contributed by atoms with Crippen LogP contribution < -0.4 is 20.5 Å². The molecule has 0 spiro atoms. The van der Waals surface area contributed by atoms with Gasteiger partial charge >= 0.3 is 0 Å². The van der Waals surface area contributed by atoms with Crippen LogP contribution in [0.2, 0.25) is 0 Å². The van der Waals surface area contributed by atoms with Crippen LogP contribution in [0.3, 0.4) is 0 Å². The van der Waals surface area contributed by atoms with Crippen molar-refractivity contribution in [2.24, 2.45) is 22.6 Å². The van der Waals surface area contributed by atoms with Gasteiger partial charge in [0.15, 0.2) is 23.7 Å². The number of benzene rings is 5. The van der Waals surface area contributed by atoms with Crippen molar-refractivity contribution >= 4 is 34.3 Å². The number of nitrogens with two attached hydrogens (primary N) is 1. The van der Waals surface area contributed by atoms with Crippen LogP contribution in [0.15, 0.2) is 120 Å². The third-order valence-corrected chi connectivity index (χ3v) is 13.5. The van der Waals surface area contributed by atoms with E-state index in [1.807, 2.05) is 78.9 Å². The van der Waals surface area contributed by atoms with E-state index >= 15 is 0 Å². The number of hydrogen-bond acceptors (Lipinski definition) is 9. The Hall–Kier alpha value is -7.00. The summed E-state index contributed by atoms with van der Waals surface area (Å²) in [6.45, 7) is 2.06.